The van der Waals surface area contributed by atoms with E-state index in [-0.39, 0.29) is 0 Å². The lowest BCUT2D eigenvalue weighted by Gasteiger charge is -2.32. The summed E-state index contributed by atoms with van der Waals surface area (Å²) in [5.41, 5.74) is 2.63. The molecule has 1 saturated carbocycles. The molecular weight excluding hydrogens is 260 g/mol. The summed E-state index contributed by atoms with van der Waals surface area (Å²) in [7, 11) is 1.74. The molecule has 3 heteroatoms. The van der Waals surface area contributed by atoms with E-state index in [4.69, 9.17) is 4.74 Å². The topological polar surface area (TPSA) is 24.5 Å². The second kappa shape index (κ2) is 6.80. The molecule has 2 fully saturated rings. The second-order valence-corrected chi connectivity index (χ2v) is 6.71. The van der Waals surface area contributed by atoms with Gasteiger partial charge in [0.05, 0.1) is 7.11 Å². The average Bonchev–Trinajstić information content (AvgIpc) is 3.31. The minimum absolute atomic E-state index is 0.749. The molecule has 0 aromatic heterocycles. The van der Waals surface area contributed by atoms with E-state index < -0.39 is 0 Å². The van der Waals surface area contributed by atoms with Gasteiger partial charge < -0.3 is 10.1 Å². The van der Waals surface area contributed by atoms with Crippen LogP contribution in [0.5, 0.6) is 5.75 Å². The molecule has 0 spiro atoms. The molecule has 1 aliphatic carbocycles. The zero-order chi connectivity index (χ0) is 14.7. The summed E-state index contributed by atoms with van der Waals surface area (Å²) >= 11 is 0. The Kier molecular flexibility index (Phi) is 4.81. The Morgan fingerprint density at radius 2 is 1.95 bits per heavy atom. The molecule has 0 unspecified atom stereocenters. The number of aryl methyl sites for hydroxylation is 1. The normalized spacial score (nSPS) is 20.7. The van der Waals surface area contributed by atoms with Crippen LogP contribution < -0.4 is 10.1 Å². The molecule has 0 radical (unpaired) electrons. The third-order valence-corrected chi connectivity index (χ3v) is 4.85. The van der Waals surface area contributed by atoms with Crippen molar-refractivity contribution in [1.29, 1.82) is 0 Å². The van der Waals surface area contributed by atoms with Crippen molar-refractivity contribution in [2.75, 3.05) is 26.7 Å². The van der Waals surface area contributed by atoms with Gasteiger partial charge in [0.1, 0.15) is 5.75 Å². The van der Waals surface area contributed by atoms with Crippen LogP contribution in [0.3, 0.4) is 0 Å². The van der Waals surface area contributed by atoms with Crippen molar-refractivity contribution in [2.45, 2.75) is 45.2 Å². The summed E-state index contributed by atoms with van der Waals surface area (Å²) in [6.07, 6.45) is 5.48. The fourth-order valence-corrected chi connectivity index (χ4v) is 3.25. The smallest absolute Gasteiger partial charge is 0.121 e. The molecule has 0 atom stereocenters. The Labute approximate surface area is 128 Å². The molecule has 1 aromatic rings. The summed E-state index contributed by atoms with van der Waals surface area (Å²) in [5, 5.41) is 3.75. The van der Waals surface area contributed by atoms with Gasteiger partial charge in [0.25, 0.3) is 0 Å². The van der Waals surface area contributed by atoms with Crippen molar-refractivity contribution in [2.24, 2.45) is 5.92 Å². The van der Waals surface area contributed by atoms with Crippen LogP contribution in [0.1, 0.15) is 36.8 Å². The van der Waals surface area contributed by atoms with Gasteiger partial charge in [0.2, 0.25) is 0 Å². The lowest BCUT2D eigenvalue weighted by atomic mass is 10.0. The van der Waals surface area contributed by atoms with Crippen molar-refractivity contribution in [3.05, 3.63) is 29.3 Å². The Bertz CT molecular complexity index is 462. The summed E-state index contributed by atoms with van der Waals surface area (Å²) < 4.78 is 5.33. The number of piperidine rings is 1. The molecular formula is C18H28N2O. The fraction of sp³-hybridized carbons (Fsp3) is 0.667. The number of rotatable bonds is 6. The number of benzene rings is 1. The maximum atomic E-state index is 5.33. The quantitative estimate of drug-likeness (QED) is 0.871. The van der Waals surface area contributed by atoms with Crippen LogP contribution in [0.25, 0.3) is 0 Å². The number of likely N-dealkylation sites (tertiary alicyclic amines) is 1. The Hall–Kier alpha value is -1.06. The first-order valence-electron chi connectivity index (χ1n) is 8.34. The van der Waals surface area contributed by atoms with E-state index in [0.29, 0.717) is 0 Å². The van der Waals surface area contributed by atoms with Gasteiger partial charge in [0.15, 0.2) is 0 Å². The summed E-state index contributed by atoms with van der Waals surface area (Å²) in [4.78, 5) is 2.58. The molecule has 2 aliphatic rings. The van der Waals surface area contributed by atoms with E-state index in [1.165, 1.54) is 56.4 Å². The monoisotopic (exact) mass is 288 g/mol. The highest BCUT2D eigenvalue weighted by molar-refractivity contribution is 5.36. The van der Waals surface area contributed by atoms with Gasteiger partial charge in [-0.3, -0.25) is 4.90 Å². The molecule has 1 heterocycles. The van der Waals surface area contributed by atoms with Crippen molar-refractivity contribution < 1.29 is 4.74 Å². The highest BCUT2D eigenvalue weighted by Gasteiger charge is 2.24. The summed E-state index contributed by atoms with van der Waals surface area (Å²) in [6, 6.07) is 7.30. The van der Waals surface area contributed by atoms with Gasteiger partial charge in [-0.05, 0) is 75.4 Å². The van der Waals surface area contributed by atoms with Gasteiger partial charge in [0, 0.05) is 12.6 Å². The van der Waals surface area contributed by atoms with Crippen molar-refractivity contribution >= 4 is 0 Å². The lowest BCUT2D eigenvalue weighted by Crippen LogP contribution is -2.42. The SMILES string of the molecule is COc1ccc(CN2CCC(NCC3CC3)CC2)cc1C. The number of hydrogen-bond acceptors (Lipinski definition) is 3. The number of methoxy groups -OCH3 is 1. The van der Waals surface area contributed by atoms with Crippen LogP contribution in [0.15, 0.2) is 18.2 Å². The second-order valence-electron chi connectivity index (χ2n) is 6.71. The summed E-state index contributed by atoms with van der Waals surface area (Å²) in [6.45, 7) is 6.87. The van der Waals surface area contributed by atoms with Gasteiger partial charge >= 0.3 is 0 Å². The molecule has 21 heavy (non-hydrogen) atoms. The molecule has 1 N–H and O–H groups in total. The molecule has 3 rings (SSSR count). The van der Waals surface area contributed by atoms with Gasteiger partial charge in [-0.2, -0.15) is 0 Å². The van der Waals surface area contributed by atoms with Crippen LogP contribution in [0.2, 0.25) is 0 Å². The minimum atomic E-state index is 0.749. The zero-order valence-electron chi connectivity index (χ0n) is 13.4. The predicted octanol–water partition coefficient (Wildman–Crippen LogP) is 2.97. The maximum Gasteiger partial charge on any atom is 0.121 e. The van der Waals surface area contributed by atoms with Crippen molar-refractivity contribution in [1.82, 2.24) is 10.2 Å². The van der Waals surface area contributed by atoms with E-state index in [0.717, 1.165) is 24.3 Å². The van der Waals surface area contributed by atoms with Gasteiger partial charge in [-0.25, -0.2) is 0 Å². The molecule has 0 amide bonds. The molecule has 0 bridgehead atoms. The number of nitrogens with zero attached hydrogens (tertiary/aromatic N) is 1. The van der Waals surface area contributed by atoms with Crippen molar-refractivity contribution in [3.63, 3.8) is 0 Å². The first-order chi connectivity index (χ1) is 10.2. The number of ether oxygens (including phenoxy) is 1. The molecule has 1 aliphatic heterocycles. The van der Waals surface area contributed by atoms with Crippen LogP contribution >= 0.6 is 0 Å². The molecule has 1 aromatic carbocycles. The summed E-state index contributed by atoms with van der Waals surface area (Å²) in [5.74, 6) is 1.98. The molecule has 116 valence electrons. The van der Waals surface area contributed by atoms with E-state index >= 15 is 0 Å². The fourth-order valence-electron chi connectivity index (χ4n) is 3.25. The average molecular weight is 288 g/mol. The third-order valence-electron chi connectivity index (χ3n) is 4.85. The predicted molar refractivity (Wildman–Crippen MR) is 86.8 cm³/mol. The lowest BCUT2D eigenvalue weighted by molar-refractivity contribution is 0.190. The maximum absolute atomic E-state index is 5.33. The van der Waals surface area contributed by atoms with Gasteiger partial charge in [-0.15, -0.1) is 0 Å². The Morgan fingerprint density at radius 3 is 2.57 bits per heavy atom. The molecule has 3 nitrogen and oxygen atoms in total. The third kappa shape index (κ3) is 4.21. The Balaban J connectivity index is 1.44. The van der Waals surface area contributed by atoms with E-state index in [1.807, 2.05) is 0 Å². The first-order valence-corrected chi connectivity index (χ1v) is 8.34. The van der Waals surface area contributed by atoms with Crippen LogP contribution in [-0.2, 0) is 6.54 Å². The minimum Gasteiger partial charge on any atom is -0.496 e. The van der Waals surface area contributed by atoms with Crippen molar-refractivity contribution in [3.8, 4) is 5.75 Å². The van der Waals surface area contributed by atoms with E-state index in [2.05, 4.69) is 35.3 Å². The largest absolute Gasteiger partial charge is 0.496 e. The number of hydrogen-bond donors (Lipinski definition) is 1. The van der Waals surface area contributed by atoms with Crippen LogP contribution in [-0.4, -0.2) is 37.7 Å². The highest BCUT2D eigenvalue weighted by Crippen LogP contribution is 2.28. The first kappa shape index (κ1) is 14.9. The van der Waals surface area contributed by atoms with E-state index in [9.17, 15) is 0 Å². The number of nitrogens with one attached hydrogen (secondary N) is 1. The van der Waals surface area contributed by atoms with Gasteiger partial charge in [-0.1, -0.05) is 12.1 Å². The Morgan fingerprint density at radius 1 is 1.19 bits per heavy atom. The standard InChI is InChI=1S/C18H28N2O/c1-14-11-16(5-6-18(14)21-2)13-20-9-7-17(8-10-20)19-12-15-3-4-15/h5-6,11,15,17,19H,3-4,7-10,12-13H2,1-2H3. The van der Waals surface area contributed by atoms with E-state index in [1.54, 1.807) is 7.11 Å². The van der Waals surface area contributed by atoms with Crippen LogP contribution in [0, 0.1) is 12.8 Å². The van der Waals surface area contributed by atoms with Crippen LogP contribution in [0.4, 0.5) is 0 Å². The zero-order valence-corrected chi connectivity index (χ0v) is 13.4. The highest BCUT2D eigenvalue weighted by atomic mass is 16.5. The molecule has 1 saturated heterocycles.